The van der Waals surface area contributed by atoms with Crippen LogP contribution in [-0.2, 0) is 6.42 Å². The van der Waals surface area contributed by atoms with Crippen LogP contribution < -0.4 is 0 Å². The second-order valence-electron chi connectivity index (χ2n) is 6.28. The Kier molecular flexibility index (Phi) is 4.11. The molecule has 3 nitrogen and oxygen atoms in total. The van der Waals surface area contributed by atoms with Crippen molar-refractivity contribution in [2.24, 2.45) is 0 Å². The van der Waals surface area contributed by atoms with E-state index < -0.39 is 0 Å². The molecule has 1 saturated heterocycles. The van der Waals surface area contributed by atoms with E-state index in [2.05, 4.69) is 42.0 Å². The normalized spacial score (nSPS) is 30.1. The smallest absolute Gasteiger partial charge is 0.0950 e. The van der Waals surface area contributed by atoms with Gasteiger partial charge in [-0.2, -0.15) is 0 Å². The largest absolute Gasteiger partial charge is 0.387 e. The second-order valence-corrected chi connectivity index (χ2v) is 6.28. The third-order valence-electron chi connectivity index (χ3n) is 5.14. The summed E-state index contributed by atoms with van der Waals surface area (Å²) in [7, 11) is 2.17. The van der Waals surface area contributed by atoms with Crippen molar-refractivity contribution in [1.82, 2.24) is 9.80 Å². The molecule has 1 N–H and O–H groups in total. The van der Waals surface area contributed by atoms with Crippen molar-refractivity contribution in [2.45, 2.75) is 44.4 Å². The number of hydrogen-bond donors (Lipinski definition) is 1. The van der Waals surface area contributed by atoms with Crippen molar-refractivity contribution >= 4 is 0 Å². The quantitative estimate of drug-likeness (QED) is 0.910. The van der Waals surface area contributed by atoms with Crippen molar-refractivity contribution in [3.05, 3.63) is 35.4 Å². The van der Waals surface area contributed by atoms with Crippen molar-refractivity contribution < 1.29 is 5.11 Å². The molecule has 20 heavy (non-hydrogen) atoms. The minimum Gasteiger partial charge on any atom is -0.387 e. The monoisotopic (exact) mass is 274 g/mol. The third-order valence-corrected chi connectivity index (χ3v) is 5.14. The van der Waals surface area contributed by atoms with Gasteiger partial charge in [0.1, 0.15) is 0 Å². The molecule has 3 heteroatoms. The van der Waals surface area contributed by atoms with Gasteiger partial charge in [-0.15, -0.1) is 0 Å². The van der Waals surface area contributed by atoms with E-state index in [-0.39, 0.29) is 12.1 Å². The maximum Gasteiger partial charge on any atom is 0.0950 e. The summed E-state index contributed by atoms with van der Waals surface area (Å²) in [6, 6.07) is 9.24. The first-order valence-corrected chi connectivity index (χ1v) is 7.91. The lowest BCUT2D eigenvalue weighted by molar-refractivity contribution is 0.0615. The van der Waals surface area contributed by atoms with Gasteiger partial charge < -0.3 is 5.11 Å². The summed E-state index contributed by atoms with van der Waals surface area (Å²) in [5.41, 5.74) is 2.44. The fraction of sp³-hybridized carbons (Fsp3) is 0.647. The molecule has 2 aliphatic rings. The summed E-state index contributed by atoms with van der Waals surface area (Å²) in [6.07, 6.45) is 3.27. The molecule has 3 unspecified atom stereocenters. The summed E-state index contributed by atoms with van der Waals surface area (Å²) >= 11 is 0. The van der Waals surface area contributed by atoms with Gasteiger partial charge in [0, 0.05) is 18.6 Å². The number of likely N-dealkylation sites (tertiary alicyclic amines) is 1. The van der Waals surface area contributed by atoms with E-state index in [1.165, 1.54) is 24.9 Å². The van der Waals surface area contributed by atoms with Gasteiger partial charge in [-0.3, -0.25) is 9.80 Å². The average Bonchev–Trinajstić information content (AvgIpc) is 3.04. The first kappa shape index (κ1) is 14.1. The standard InChI is InChI=1S/C17H26N2O/c1-3-19-10-6-8-14(19)12-18(2)16-11-13-7-4-5-9-15(13)17(16)20/h4-5,7,9,14,16-17,20H,3,6,8,10-12H2,1-2H3. The zero-order valence-corrected chi connectivity index (χ0v) is 12.6. The molecular formula is C17H26N2O. The van der Waals surface area contributed by atoms with Crippen molar-refractivity contribution in [1.29, 1.82) is 0 Å². The Morgan fingerprint density at radius 1 is 1.35 bits per heavy atom. The van der Waals surface area contributed by atoms with Crippen molar-refractivity contribution in [3.8, 4) is 0 Å². The van der Waals surface area contributed by atoms with E-state index in [9.17, 15) is 5.11 Å². The molecule has 1 aliphatic heterocycles. The predicted molar refractivity (Wildman–Crippen MR) is 81.8 cm³/mol. The van der Waals surface area contributed by atoms with Crippen LogP contribution >= 0.6 is 0 Å². The molecule has 1 aliphatic carbocycles. The molecule has 0 bridgehead atoms. The third kappa shape index (κ3) is 2.50. The highest BCUT2D eigenvalue weighted by Crippen LogP contribution is 2.34. The Morgan fingerprint density at radius 2 is 2.15 bits per heavy atom. The van der Waals surface area contributed by atoms with Crippen LogP contribution in [0.1, 0.15) is 37.0 Å². The lowest BCUT2D eigenvalue weighted by atomic mass is 10.1. The van der Waals surface area contributed by atoms with Crippen LogP contribution in [0, 0.1) is 0 Å². The van der Waals surface area contributed by atoms with E-state index in [1.807, 2.05) is 6.07 Å². The van der Waals surface area contributed by atoms with Crippen LogP contribution in [0.5, 0.6) is 0 Å². The van der Waals surface area contributed by atoms with Crippen LogP contribution in [0.2, 0.25) is 0 Å². The number of benzene rings is 1. The lowest BCUT2D eigenvalue weighted by Gasteiger charge is -2.32. The Morgan fingerprint density at radius 3 is 2.90 bits per heavy atom. The number of fused-ring (bicyclic) bond motifs is 1. The van der Waals surface area contributed by atoms with E-state index in [1.54, 1.807) is 0 Å². The van der Waals surface area contributed by atoms with Crippen molar-refractivity contribution in [2.75, 3.05) is 26.7 Å². The van der Waals surface area contributed by atoms with E-state index in [4.69, 9.17) is 0 Å². The first-order chi connectivity index (χ1) is 9.70. The molecule has 0 aromatic heterocycles. The zero-order chi connectivity index (χ0) is 14.1. The minimum absolute atomic E-state index is 0.242. The highest BCUT2D eigenvalue weighted by molar-refractivity contribution is 5.35. The maximum absolute atomic E-state index is 10.6. The number of rotatable bonds is 4. The fourth-order valence-electron chi connectivity index (χ4n) is 3.94. The van der Waals surface area contributed by atoms with Gasteiger partial charge in [0.15, 0.2) is 0 Å². The SMILES string of the molecule is CCN1CCCC1CN(C)C1Cc2ccccc2C1O. The van der Waals surface area contributed by atoms with Gasteiger partial charge in [-0.1, -0.05) is 31.2 Å². The molecule has 110 valence electrons. The minimum atomic E-state index is -0.326. The molecule has 1 aromatic rings. The summed E-state index contributed by atoms with van der Waals surface area (Å²) in [6.45, 7) is 5.70. The lowest BCUT2D eigenvalue weighted by Crippen LogP contribution is -2.44. The maximum atomic E-state index is 10.6. The van der Waals surface area contributed by atoms with Gasteiger partial charge in [-0.05, 0) is 50.5 Å². The Labute approximate surface area is 122 Å². The topological polar surface area (TPSA) is 26.7 Å². The highest BCUT2D eigenvalue weighted by Gasteiger charge is 2.35. The van der Waals surface area contributed by atoms with E-state index in [0.29, 0.717) is 6.04 Å². The number of aliphatic hydroxyl groups excluding tert-OH is 1. The average molecular weight is 274 g/mol. The van der Waals surface area contributed by atoms with Crippen LogP contribution in [-0.4, -0.2) is 53.7 Å². The highest BCUT2D eigenvalue weighted by atomic mass is 16.3. The summed E-state index contributed by atoms with van der Waals surface area (Å²) in [5.74, 6) is 0. The Hall–Kier alpha value is -0.900. The van der Waals surface area contributed by atoms with Gasteiger partial charge >= 0.3 is 0 Å². The molecule has 0 saturated carbocycles. The molecule has 1 heterocycles. The van der Waals surface area contributed by atoms with Crippen LogP contribution in [0.3, 0.4) is 0 Å². The number of aliphatic hydroxyl groups is 1. The van der Waals surface area contributed by atoms with E-state index in [0.717, 1.165) is 25.1 Å². The van der Waals surface area contributed by atoms with Crippen LogP contribution in [0.4, 0.5) is 0 Å². The molecule has 3 atom stereocenters. The molecule has 0 radical (unpaired) electrons. The summed E-state index contributed by atoms with van der Waals surface area (Å²) in [4.78, 5) is 4.95. The Balaban J connectivity index is 1.66. The molecular weight excluding hydrogens is 248 g/mol. The number of hydrogen-bond acceptors (Lipinski definition) is 3. The first-order valence-electron chi connectivity index (χ1n) is 7.91. The molecule has 0 amide bonds. The van der Waals surface area contributed by atoms with Crippen LogP contribution in [0.25, 0.3) is 0 Å². The van der Waals surface area contributed by atoms with Gasteiger partial charge in [0.25, 0.3) is 0 Å². The Bertz CT molecular complexity index is 462. The van der Waals surface area contributed by atoms with Crippen molar-refractivity contribution in [3.63, 3.8) is 0 Å². The molecule has 1 fully saturated rings. The predicted octanol–water partition coefficient (Wildman–Crippen LogP) is 2.06. The summed E-state index contributed by atoms with van der Waals surface area (Å²) in [5, 5.41) is 10.6. The fourth-order valence-corrected chi connectivity index (χ4v) is 3.94. The van der Waals surface area contributed by atoms with Gasteiger partial charge in [0.05, 0.1) is 6.10 Å². The molecule has 3 rings (SSSR count). The summed E-state index contributed by atoms with van der Waals surface area (Å²) < 4.78 is 0. The van der Waals surface area contributed by atoms with Crippen LogP contribution in [0.15, 0.2) is 24.3 Å². The van der Waals surface area contributed by atoms with Gasteiger partial charge in [-0.25, -0.2) is 0 Å². The number of nitrogens with zero attached hydrogens (tertiary/aromatic N) is 2. The zero-order valence-electron chi connectivity index (χ0n) is 12.6. The van der Waals surface area contributed by atoms with Gasteiger partial charge in [0.2, 0.25) is 0 Å². The number of likely N-dealkylation sites (N-methyl/N-ethyl adjacent to an activating group) is 2. The van der Waals surface area contributed by atoms with E-state index >= 15 is 0 Å². The molecule has 1 aromatic carbocycles. The molecule has 0 spiro atoms. The second kappa shape index (κ2) is 5.84.